The number of pyridine rings is 4. The zero-order chi connectivity index (χ0) is 92.2. The predicted octanol–water partition coefficient (Wildman–Crippen LogP) is 17.8. The van der Waals surface area contributed by atoms with Crippen molar-refractivity contribution in [2.24, 2.45) is 0 Å². The maximum atomic E-state index is 12.7. The lowest BCUT2D eigenvalue weighted by Gasteiger charge is -2.31. The lowest BCUT2D eigenvalue weighted by atomic mass is 10.0. The van der Waals surface area contributed by atoms with Crippen LogP contribution in [0.5, 0.6) is 0 Å². The number of aryl methyl sites for hydroxylation is 1. The summed E-state index contributed by atoms with van der Waals surface area (Å²) in [6.07, 6.45) is -1.34. The number of aromatic nitrogens is 14. The van der Waals surface area contributed by atoms with Gasteiger partial charge in [-0.25, -0.2) is 49.8 Å². The molecule has 0 bridgehead atoms. The summed E-state index contributed by atoms with van der Waals surface area (Å²) in [7, 11) is 0. The number of nitrogens with zero attached hydrogens (tertiary/aromatic N) is 20. The van der Waals surface area contributed by atoms with Crippen LogP contribution in [-0.2, 0) is 129 Å². The minimum Gasteiger partial charge on any atom is -0.366 e. The third-order valence-corrected chi connectivity index (χ3v) is 22.6. The largest absolute Gasteiger partial charge is 0.433 e. The zero-order valence-corrected chi connectivity index (χ0v) is 72.5. The average molecular weight is 1880 g/mol. The van der Waals surface area contributed by atoms with E-state index in [4.69, 9.17) is 11.6 Å². The van der Waals surface area contributed by atoms with Crippen molar-refractivity contribution in [2.75, 3.05) is 63.8 Å². The van der Waals surface area contributed by atoms with E-state index < -0.39 is 47.5 Å². The number of hydrogen-bond donors (Lipinski definition) is 5. The summed E-state index contributed by atoms with van der Waals surface area (Å²) in [6, 6.07) is 46.1. The van der Waals surface area contributed by atoms with Crippen molar-refractivity contribution >= 4 is 62.2 Å². The summed E-state index contributed by atoms with van der Waals surface area (Å²) in [5.41, 5.74) is 15.3. The second-order valence-electron chi connectivity index (χ2n) is 30.9. The van der Waals surface area contributed by atoms with Gasteiger partial charge in [0.2, 0.25) is 0 Å². The fraction of sp³-hybridized carbons (Fsp3) is 0.283. The van der Waals surface area contributed by atoms with Gasteiger partial charge in [-0.1, -0.05) is 119 Å². The fourth-order valence-electron chi connectivity index (χ4n) is 15.1. The van der Waals surface area contributed by atoms with Crippen LogP contribution in [0.25, 0.3) is 0 Å². The summed E-state index contributed by atoms with van der Waals surface area (Å²) in [5.74, 6) is 2.66. The molecule has 131 heavy (non-hydrogen) atoms. The Hall–Kier alpha value is -13.5. The predicted molar refractivity (Wildman–Crippen MR) is 470 cm³/mol. The lowest BCUT2D eigenvalue weighted by Crippen LogP contribution is -2.32. The van der Waals surface area contributed by atoms with E-state index in [0.29, 0.717) is 114 Å². The zero-order valence-electron chi connectivity index (χ0n) is 70.1. The molecule has 25 nitrogen and oxygen atoms in total. The van der Waals surface area contributed by atoms with Crippen LogP contribution in [0.15, 0.2) is 206 Å². The molecule has 13 aromatic rings. The molecule has 5 aliphatic rings. The molecule has 5 aliphatic heterocycles. The van der Waals surface area contributed by atoms with E-state index in [2.05, 4.69) is 180 Å². The first kappa shape index (κ1) is 93.6. The normalized spacial score (nSPS) is 14.1. The van der Waals surface area contributed by atoms with Gasteiger partial charge in [-0.15, -0.1) is 0 Å². The number of alkyl halides is 12. The molecule has 0 amide bonds. The van der Waals surface area contributed by atoms with Crippen LogP contribution in [0.4, 0.5) is 87.3 Å². The Morgan fingerprint density at radius 3 is 1.10 bits per heavy atom. The third kappa shape index (κ3) is 25.3. The molecule has 5 N–H and O–H groups in total. The summed E-state index contributed by atoms with van der Waals surface area (Å²) in [6.45, 7) is 12.5. The number of fused-ring (bicyclic) bond motifs is 5. The Labute approximate surface area is 758 Å². The van der Waals surface area contributed by atoms with Gasteiger partial charge in [-0.2, -0.15) is 63.2 Å². The first-order chi connectivity index (χ1) is 63.0. The van der Waals surface area contributed by atoms with Crippen molar-refractivity contribution in [2.45, 2.75) is 136 Å². The van der Waals surface area contributed by atoms with Crippen LogP contribution in [0.2, 0.25) is 5.15 Å². The van der Waals surface area contributed by atoms with Crippen molar-refractivity contribution < 1.29 is 52.7 Å². The van der Waals surface area contributed by atoms with Gasteiger partial charge in [0.05, 0.1) is 51.0 Å². The highest BCUT2D eigenvalue weighted by molar-refractivity contribution is 9.10. The molecule has 0 saturated carbocycles. The van der Waals surface area contributed by atoms with Crippen molar-refractivity contribution in [3.8, 4) is 12.1 Å². The maximum absolute atomic E-state index is 12.7. The lowest BCUT2D eigenvalue weighted by molar-refractivity contribution is -0.142. The molecular weight excluding hydrogens is 1800 g/mol. The number of nitriles is 2. The van der Waals surface area contributed by atoms with Crippen LogP contribution < -0.4 is 36.4 Å². The van der Waals surface area contributed by atoms with Crippen molar-refractivity contribution in [3.05, 3.63) is 341 Å². The first-order valence-electron chi connectivity index (χ1n) is 41.3. The standard InChI is InChI=1S/C22H19F3N6.C21H16BrF3N6.C21H20F3N5.C14H14ClN3.C14H14F3N5/c1-14-2-4-19(16(8-14)9-26)31-7-6-18-17(12-31)21(30-13-29-18)28-11-15-3-5-20(27-10-15)22(23,24)25;22-15-2-3-18(14(7-15)8-26)31-6-5-17-16(11-31)20(30-12-29-17)28-10-13-1-4-19(27-9-13)21(23,24)25;22-21(23,24)19-7-6-16(10-25-19)11-26-20-17-13-29(9-8-18(17)27-14-28-20)12-15-4-2-1-3-5-15;15-14-12-9-18(7-6-13(12)16-10-17-14)8-11-4-2-1-3-5-11;15-14(16,17)12-2-1-9(5-19-12)6-20-13-10-7-18-4-3-11(10)21-8-22-13/h2-5,8,10,13H,6-7,11-12H2,1H3,(H,28,29,30);1-4,7,9,12H,5-6,10-11H2,(H,28,29,30);1-7,10,14H,8-9,11-13H2,(H,26,27,28);1-5,10H,6-9H2;1-2,5,8,18H,3-4,6-7H2,(H,20,21,22). The molecule has 0 spiro atoms. The molecule has 0 unspecified atom stereocenters. The van der Waals surface area contributed by atoms with Gasteiger partial charge in [0.1, 0.15) is 95.0 Å². The van der Waals surface area contributed by atoms with Gasteiger partial charge in [0.25, 0.3) is 0 Å². The maximum Gasteiger partial charge on any atom is 0.433 e. The van der Waals surface area contributed by atoms with E-state index in [1.54, 1.807) is 12.4 Å². The molecule has 0 aliphatic carbocycles. The molecule has 0 saturated heterocycles. The van der Waals surface area contributed by atoms with Crippen LogP contribution in [0.1, 0.15) is 129 Å². The number of halogens is 14. The number of rotatable bonds is 18. The molecule has 4 aromatic carbocycles. The molecule has 18 rings (SSSR count). The van der Waals surface area contributed by atoms with Crippen LogP contribution in [-0.4, -0.2) is 112 Å². The number of benzene rings is 4. The Morgan fingerprint density at radius 1 is 0.374 bits per heavy atom. The van der Waals surface area contributed by atoms with E-state index in [-0.39, 0.29) is 13.1 Å². The number of anilines is 6. The van der Waals surface area contributed by atoms with Gasteiger partial charge in [0, 0.05) is 194 Å². The highest BCUT2D eigenvalue weighted by atomic mass is 79.9. The monoisotopic (exact) mass is 1880 g/mol. The molecule has 0 fully saturated rings. The van der Waals surface area contributed by atoms with Crippen molar-refractivity contribution in [3.63, 3.8) is 0 Å². The molecule has 39 heteroatoms. The van der Waals surface area contributed by atoms with Gasteiger partial charge < -0.3 is 36.4 Å². The van der Waals surface area contributed by atoms with Crippen LogP contribution in [0.3, 0.4) is 0 Å². The van der Waals surface area contributed by atoms with Gasteiger partial charge in [-0.3, -0.25) is 29.7 Å². The van der Waals surface area contributed by atoms with E-state index in [9.17, 15) is 63.2 Å². The average Bonchev–Trinajstić information content (AvgIpc) is 0.794. The quantitative estimate of drug-likeness (QED) is 0.0394. The second kappa shape index (κ2) is 42.8. The highest BCUT2D eigenvalue weighted by Crippen LogP contribution is 2.37. The molecule has 0 atom stereocenters. The topological polar surface area (TPSA) is 301 Å². The van der Waals surface area contributed by atoms with Gasteiger partial charge in [-0.05, 0) is 100 Å². The first-order valence-corrected chi connectivity index (χ1v) is 42.5. The SMILES string of the molecule is Cc1ccc(N2CCc3ncnc(NCc4ccc(C(F)(F)F)nc4)c3C2)c(C#N)c1.Clc1ncnc2c1CN(Cc1ccccc1)CC2.FC(F)(F)c1ccc(CNc2ncnc3c2CN(Cc2ccccc2)CC3)cn1.FC(F)(F)c1ccc(CNc2ncnc3c2CNCC3)cn1.N#Cc1cc(Br)ccc1N1CCc2ncnc(NCc3ccc(C(F)(F)F)nc3)c2C1. The minimum atomic E-state index is -4.46. The molecule has 674 valence electrons. The number of hydrogen-bond acceptors (Lipinski definition) is 25. The summed E-state index contributed by atoms with van der Waals surface area (Å²) in [4.78, 5) is 65.8. The Bertz CT molecular complexity index is 5950. The molecule has 14 heterocycles. The van der Waals surface area contributed by atoms with Crippen LogP contribution in [0, 0.1) is 29.6 Å². The van der Waals surface area contributed by atoms with Crippen molar-refractivity contribution in [1.82, 2.24) is 84.9 Å². The molecule has 9 aromatic heterocycles. The minimum absolute atomic E-state index is 0.274. The van der Waals surface area contributed by atoms with Crippen molar-refractivity contribution in [1.29, 1.82) is 10.5 Å². The van der Waals surface area contributed by atoms with Crippen LogP contribution >= 0.6 is 27.5 Å². The smallest absolute Gasteiger partial charge is 0.366 e. The summed E-state index contributed by atoms with van der Waals surface area (Å²) >= 11 is 9.52. The molecular formula is C92H83BrClF12N25. The van der Waals surface area contributed by atoms with Gasteiger partial charge in [0.15, 0.2) is 0 Å². The van der Waals surface area contributed by atoms with Gasteiger partial charge >= 0.3 is 24.7 Å². The molecule has 0 radical (unpaired) electrons. The van der Waals surface area contributed by atoms with E-state index in [1.807, 2.05) is 61.5 Å². The second-order valence-corrected chi connectivity index (χ2v) is 32.1. The number of nitrogens with one attached hydrogen (secondary N) is 5. The Kier molecular flexibility index (Phi) is 30.6. The fourth-order valence-corrected chi connectivity index (χ4v) is 15.7. The Morgan fingerprint density at radius 2 is 0.718 bits per heavy atom. The van der Waals surface area contributed by atoms with E-state index in [1.165, 1.54) is 85.5 Å². The Balaban J connectivity index is 0.000000134. The highest BCUT2D eigenvalue weighted by Gasteiger charge is 2.36. The summed E-state index contributed by atoms with van der Waals surface area (Å²) in [5, 5.41) is 35.6. The van der Waals surface area contributed by atoms with E-state index >= 15 is 0 Å². The third-order valence-electron chi connectivity index (χ3n) is 21.8. The summed E-state index contributed by atoms with van der Waals surface area (Å²) < 4.78 is 152. The van der Waals surface area contributed by atoms with E-state index in [0.717, 1.165) is 174 Å².